The molecule has 2 heterocycles. The Labute approximate surface area is 198 Å². The van der Waals surface area contributed by atoms with Crippen LogP contribution in [0.2, 0.25) is 0 Å². The molecule has 1 fully saturated rings. The Morgan fingerprint density at radius 1 is 1.21 bits per heavy atom. The first kappa shape index (κ1) is 22.2. The molecule has 0 aliphatic carbocycles. The molecule has 1 atom stereocenters. The first-order valence-electron chi connectivity index (χ1n) is 11.2. The number of rotatable bonds is 4. The van der Waals surface area contributed by atoms with Gasteiger partial charge < -0.3 is 15.4 Å². The summed E-state index contributed by atoms with van der Waals surface area (Å²) in [6, 6.07) is 17.1. The molecule has 3 N–H and O–H groups in total. The van der Waals surface area contributed by atoms with Crippen molar-refractivity contribution in [2.24, 2.45) is 16.0 Å². The molecule has 1 saturated heterocycles. The normalized spacial score (nSPS) is 19.1. The second-order valence-corrected chi connectivity index (χ2v) is 10.2. The lowest BCUT2D eigenvalue weighted by Gasteiger charge is -2.33. The van der Waals surface area contributed by atoms with Crippen LogP contribution in [0.3, 0.4) is 0 Å². The van der Waals surface area contributed by atoms with Crippen LogP contribution in [0.1, 0.15) is 34.3 Å². The Morgan fingerprint density at radius 2 is 2.03 bits per heavy atom. The first-order valence-corrected chi connectivity index (χ1v) is 12.7. The number of likely N-dealkylation sites (tertiary alicyclic amines) is 1. The highest BCUT2D eigenvalue weighted by molar-refractivity contribution is 7.91. The summed E-state index contributed by atoms with van der Waals surface area (Å²) >= 11 is 0. The van der Waals surface area contributed by atoms with Crippen molar-refractivity contribution in [2.75, 3.05) is 24.4 Å². The second kappa shape index (κ2) is 8.64. The molecule has 1 amide bonds. The predicted octanol–water partition coefficient (Wildman–Crippen LogP) is 3.46. The van der Waals surface area contributed by atoms with E-state index in [0.29, 0.717) is 36.7 Å². The first-order chi connectivity index (χ1) is 16.3. The topological polar surface area (TPSA) is 114 Å². The number of benzene rings is 3. The van der Waals surface area contributed by atoms with Crippen LogP contribution >= 0.6 is 0 Å². The summed E-state index contributed by atoms with van der Waals surface area (Å²) in [6.45, 7) is 3.71. The van der Waals surface area contributed by atoms with Crippen LogP contribution in [0.4, 0.5) is 5.69 Å². The number of carbonyl (C=O) groups is 1. The van der Waals surface area contributed by atoms with E-state index in [0.717, 1.165) is 34.7 Å². The minimum atomic E-state index is -3.85. The van der Waals surface area contributed by atoms with Gasteiger partial charge in [0.2, 0.25) is 0 Å². The monoisotopic (exact) mass is 478 g/mol. The molecule has 176 valence electrons. The summed E-state index contributed by atoms with van der Waals surface area (Å²) in [5.41, 5.74) is 8.53. The van der Waals surface area contributed by atoms with Crippen LogP contribution in [0.25, 0.3) is 10.8 Å². The molecule has 2 aliphatic heterocycles. The summed E-state index contributed by atoms with van der Waals surface area (Å²) in [4.78, 5) is 15.3. The molecule has 0 bridgehead atoms. The highest BCUT2D eigenvalue weighted by Gasteiger charge is 2.28. The van der Waals surface area contributed by atoms with Gasteiger partial charge in [0.05, 0.1) is 17.9 Å². The van der Waals surface area contributed by atoms with Gasteiger partial charge in [-0.1, -0.05) is 42.0 Å². The maximum Gasteiger partial charge on any atom is 0.344 e. The smallest absolute Gasteiger partial charge is 0.344 e. The lowest BCUT2D eigenvalue weighted by Crippen LogP contribution is -2.41. The Balaban J connectivity index is 1.31. The van der Waals surface area contributed by atoms with Crippen LogP contribution in [-0.2, 0) is 10.2 Å². The molecule has 3 aromatic carbocycles. The van der Waals surface area contributed by atoms with Crippen LogP contribution in [0.5, 0.6) is 5.75 Å². The molecule has 0 saturated carbocycles. The number of nitrogens with two attached hydrogens (primary N) is 1. The highest BCUT2D eigenvalue weighted by atomic mass is 32.2. The van der Waals surface area contributed by atoms with E-state index in [2.05, 4.69) is 21.3 Å². The molecule has 0 aromatic heterocycles. The average Bonchev–Trinajstić information content (AvgIpc) is 2.81. The van der Waals surface area contributed by atoms with Gasteiger partial charge in [0.1, 0.15) is 5.75 Å². The van der Waals surface area contributed by atoms with E-state index in [1.807, 2.05) is 36.1 Å². The summed E-state index contributed by atoms with van der Waals surface area (Å²) in [5, 5.41) is 2.02. The number of hydrogen-bond acceptors (Lipinski definition) is 5. The molecular formula is C25H26N4O4S. The van der Waals surface area contributed by atoms with Crippen molar-refractivity contribution in [3.05, 3.63) is 71.3 Å². The average molecular weight is 479 g/mol. The van der Waals surface area contributed by atoms with E-state index in [1.54, 1.807) is 18.2 Å². The van der Waals surface area contributed by atoms with Gasteiger partial charge in [-0.15, -0.1) is 4.40 Å². The fourth-order valence-corrected chi connectivity index (χ4v) is 5.52. The molecule has 34 heavy (non-hydrogen) atoms. The van der Waals surface area contributed by atoms with Gasteiger partial charge in [0.15, 0.2) is 5.84 Å². The van der Waals surface area contributed by atoms with Crippen molar-refractivity contribution in [1.82, 2.24) is 4.90 Å². The van der Waals surface area contributed by atoms with Crippen molar-refractivity contribution in [3.63, 3.8) is 0 Å². The molecule has 5 rings (SSSR count). The lowest BCUT2D eigenvalue weighted by molar-refractivity contribution is 0.0635. The van der Waals surface area contributed by atoms with E-state index in [-0.39, 0.29) is 17.7 Å². The van der Waals surface area contributed by atoms with Crippen molar-refractivity contribution in [3.8, 4) is 5.75 Å². The third kappa shape index (κ3) is 4.31. The summed E-state index contributed by atoms with van der Waals surface area (Å²) in [7, 11) is -3.85. The largest absolute Gasteiger partial charge is 0.492 e. The number of piperidine rings is 1. The van der Waals surface area contributed by atoms with Gasteiger partial charge in [-0.25, -0.2) is 0 Å². The number of nitrogens with one attached hydrogen (secondary N) is 1. The van der Waals surface area contributed by atoms with Gasteiger partial charge in [-0.3, -0.25) is 9.52 Å². The van der Waals surface area contributed by atoms with Gasteiger partial charge in [-0.2, -0.15) is 8.42 Å². The number of fused-ring (bicyclic) bond motifs is 2. The summed E-state index contributed by atoms with van der Waals surface area (Å²) in [6.07, 6.45) is 1.82. The van der Waals surface area contributed by atoms with Gasteiger partial charge >= 0.3 is 10.2 Å². The van der Waals surface area contributed by atoms with Crippen molar-refractivity contribution < 1.29 is 17.9 Å². The quantitative estimate of drug-likeness (QED) is 0.596. The van der Waals surface area contributed by atoms with Crippen molar-refractivity contribution in [2.45, 2.75) is 19.8 Å². The molecule has 2 aliphatic rings. The van der Waals surface area contributed by atoms with E-state index < -0.39 is 10.2 Å². The highest BCUT2D eigenvalue weighted by Crippen LogP contribution is 2.31. The second-order valence-electron chi connectivity index (χ2n) is 8.83. The maximum absolute atomic E-state index is 13.4. The predicted molar refractivity (Wildman–Crippen MR) is 133 cm³/mol. The number of aryl methyl sites for hydroxylation is 1. The van der Waals surface area contributed by atoms with Gasteiger partial charge in [0, 0.05) is 24.6 Å². The van der Waals surface area contributed by atoms with Crippen LogP contribution < -0.4 is 15.2 Å². The fourth-order valence-electron chi connectivity index (χ4n) is 4.67. The Kier molecular flexibility index (Phi) is 5.65. The fraction of sp³-hybridized carbons (Fsp3) is 0.280. The number of hydrogen-bond donors (Lipinski definition) is 2. The van der Waals surface area contributed by atoms with Crippen LogP contribution in [-0.4, -0.2) is 44.8 Å². The minimum Gasteiger partial charge on any atom is -0.492 e. The molecular weight excluding hydrogens is 452 g/mol. The van der Waals surface area contributed by atoms with E-state index in [1.165, 1.54) is 0 Å². The third-order valence-electron chi connectivity index (χ3n) is 6.29. The number of carbonyl (C=O) groups excluding carboxylic acids is 1. The number of amides is 1. The number of anilines is 1. The maximum atomic E-state index is 13.4. The Morgan fingerprint density at radius 3 is 2.88 bits per heavy atom. The summed E-state index contributed by atoms with van der Waals surface area (Å²) in [5.74, 6) is 0.540. The van der Waals surface area contributed by atoms with Gasteiger partial charge in [0.25, 0.3) is 5.91 Å². The molecule has 3 aromatic rings. The van der Waals surface area contributed by atoms with E-state index >= 15 is 0 Å². The van der Waals surface area contributed by atoms with Crippen molar-refractivity contribution in [1.29, 1.82) is 0 Å². The lowest BCUT2D eigenvalue weighted by atomic mass is 9.96. The van der Waals surface area contributed by atoms with E-state index in [9.17, 15) is 13.2 Å². The number of ether oxygens (including phenoxy) is 1. The van der Waals surface area contributed by atoms with Gasteiger partial charge in [-0.05, 0) is 48.7 Å². The molecule has 0 spiro atoms. The molecule has 0 unspecified atom stereocenters. The van der Waals surface area contributed by atoms with Crippen LogP contribution in [0, 0.1) is 12.8 Å². The third-order valence-corrected chi connectivity index (χ3v) is 7.20. The number of nitrogens with zero attached hydrogens (tertiary/aromatic N) is 2. The zero-order chi connectivity index (χ0) is 23.9. The molecule has 8 nitrogen and oxygen atoms in total. The van der Waals surface area contributed by atoms with Crippen LogP contribution in [0.15, 0.2) is 59.0 Å². The Hall–Kier alpha value is -3.59. The number of amidine groups is 1. The SMILES string of the molecule is Cc1ccc2cccc(C(=O)N3CCC[C@H](COc4cccc5c4C(N)=NS(=O)(=O)N5)C3)c2c1. The van der Waals surface area contributed by atoms with Crippen molar-refractivity contribution >= 4 is 38.4 Å². The Bertz CT molecular complexity index is 1420. The zero-order valence-corrected chi connectivity index (χ0v) is 19.6. The standard InChI is InChI=1S/C25H26N4O4S/c1-16-10-11-18-6-2-7-19(20(18)13-16)25(30)29-12-4-5-17(14-29)15-33-22-9-3-8-21-23(22)24(26)28-34(31,32)27-21/h2-3,6-11,13,17,27H,4-5,12,14-15H2,1H3,(H2,26,28)/t17-/m0/s1. The van der Waals surface area contributed by atoms with E-state index in [4.69, 9.17) is 10.5 Å². The summed E-state index contributed by atoms with van der Waals surface area (Å²) < 4.78 is 35.6. The molecule has 9 heteroatoms. The molecule has 0 radical (unpaired) electrons. The zero-order valence-electron chi connectivity index (χ0n) is 18.8. The minimum absolute atomic E-state index is 0.0313.